The lowest BCUT2D eigenvalue weighted by atomic mass is 9.80. The summed E-state index contributed by atoms with van der Waals surface area (Å²) in [7, 11) is 0. The second-order valence-corrected chi connectivity index (χ2v) is 11.6. The van der Waals surface area contributed by atoms with Crippen LogP contribution in [0.25, 0.3) is 0 Å². The number of carbonyl (C=O) groups is 3. The molecule has 2 N–H and O–H groups in total. The van der Waals surface area contributed by atoms with Crippen molar-refractivity contribution in [3.63, 3.8) is 0 Å². The SMILES string of the molecule is CCN(C(=O)Oc1ccc(F)cc1)[C@@H]1CNC[C@H]1c1cc(C(C)=O)c(Cl)c(Cl)c1C(=O)C1CCNC(c2ccccn2)C1. The molecule has 0 spiro atoms. The summed E-state index contributed by atoms with van der Waals surface area (Å²) in [4.78, 5) is 46.3. The Morgan fingerprint density at radius 1 is 1.09 bits per heavy atom. The molecule has 3 aromatic rings. The fraction of sp³-hybridized carbons (Fsp3) is 0.375. The fourth-order valence-corrected chi connectivity index (χ4v) is 6.67. The predicted octanol–water partition coefficient (Wildman–Crippen LogP) is 6.23. The van der Waals surface area contributed by atoms with Gasteiger partial charge in [0.1, 0.15) is 11.6 Å². The van der Waals surface area contributed by atoms with Crippen molar-refractivity contribution in [1.29, 1.82) is 0 Å². The summed E-state index contributed by atoms with van der Waals surface area (Å²) >= 11 is 13.5. The predicted molar refractivity (Wildman–Crippen MR) is 163 cm³/mol. The molecule has 226 valence electrons. The number of nitrogens with zero attached hydrogens (tertiary/aromatic N) is 2. The van der Waals surface area contributed by atoms with Gasteiger partial charge in [-0.1, -0.05) is 29.3 Å². The first-order valence-electron chi connectivity index (χ1n) is 14.4. The molecule has 2 aliphatic heterocycles. The highest BCUT2D eigenvalue weighted by Gasteiger charge is 2.41. The molecule has 3 heterocycles. The maximum atomic E-state index is 14.3. The van der Waals surface area contributed by atoms with Crippen molar-refractivity contribution in [3.8, 4) is 5.75 Å². The van der Waals surface area contributed by atoms with Crippen molar-refractivity contribution in [2.24, 2.45) is 5.92 Å². The van der Waals surface area contributed by atoms with Gasteiger partial charge in [-0.25, -0.2) is 9.18 Å². The Kier molecular flexibility index (Phi) is 9.76. The van der Waals surface area contributed by atoms with E-state index in [0.717, 1.165) is 5.69 Å². The zero-order valence-electron chi connectivity index (χ0n) is 23.9. The van der Waals surface area contributed by atoms with E-state index in [0.29, 0.717) is 44.6 Å². The maximum Gasteiger partial charge on any atom is 0.415 e. The van der Waals surface area contributed by atoms with Crippen molar-refractivity contribution in [2.75, 3.05) is 26.2 Å². The highest BCUT2D eigenvalue weighted by Crippen LogP contribution is 2.41. The van der Waals surface area contributed by atoms with E-state index in [1.165, 1.54) is 31.2 Å². The molecule has 8 nitrogen and oxygen atoms in total. The number of benzene rings is 2. The number of aromatic nitrogens is 1. The standard InChI is InChI=1S/C32H33Cl2FN4O4/c1-3-39(32(42)43-21-9-7-20(35)8-10-21)27-17-36-16-24(27)23-15-22(18(2)40)29(33)30(34)28(23)31(41)19-11-13-38-26(14-19)25-6-4-5-12-37-25/h4-10,12,15,19,24,26-27,36,38H,3,11,13-14,16-17H2,1-2H3/t19?,24-,26?,27+/m0/s1. The van der Waals surface area contributed by atoms with E-state index in [-0.39, 0.29) is 56.4 Å². The number of ketones is 2. The quantitative estimate of drug-likeness (QED) is 0.286. The average molecular weight is 628 g/mol. The number of ether oxygens (including phenoxy) is 1. The topological polar surface area (TPSA) is 101 Å². The summed E-state index contributed by atoms with van der Waals surface area (Å²) in [6.45, 7) is 5.02. The van der Waals surface area contributed by atoms with Gasteiger partial charge in [-0.3, -0.25) is 14.6 Å². The molecule has 0 radical (unpaired) electrons. The van der Waals surface area contributed by atoms with Crippen LogP contribution in [-0.4, -0.2) is 59.8 Å². The number of piperidine rings is 1. The number of hydrogen-bond acceptors (Lipinski definition) is 7. The molecular formula is C32H33Cl2FN4O4. The van der Waals surface area contributed by atoms with Crippen molar-refractivity contribution in [3.05, 3.63) is 93.0 Å². The number of halogens is 3. The molecule has 2 fully saturated rings. The van der Waals surface area contributed by atoms with E-state index >= 15 is 0 Å². The number of amides is 1. The van der Waals surface area contributed by atoms with Crippen LogP contribution in [0.2, 0.25) is 10.0 Å². The summed E-state index contributed by atoms with van der Waals surface area (Å²) in [5, 5.41) is 6.87. The molecule has 5 rings (SSSR count). The molecule has 0 aliphatic carbocycles. The van der Waals surface area contributed by atoms with Crippen molar-refractivity contribution in [1.82, 2.24) is 20.5 Å². The number of nitrogens with one attached hydrogen (secondary N) is 2. The Hall–Kier alpha value is -3.37. The van der Waals surface area contributed by atoms with Crippen LogP contribution in [0.1, 0.15) is 70.6 Å². The third-order valence-electron chi connectivity index (χ3n) is 8.26. The molecule has 11 heteroatoms. The van der Waals surface area contributed by atoms with E-state index in [1.807, 2.05) is 25.1 Å². The van der Waals surface area contributed by atoms with Gasteiger partial charge in [-0.2, -0.15) is 0 Å². The Labute approximate surface area is 259 Å². The van der Waals surface area contributed by atoms with Crippen LogP contribution in [0.5, 0.6) is 5.75 Å². The van der Waals surface area contributed by atoms with Gasteiger partial charge in [0.05, 0.1) is 27.8 Å². The molecule has 1 aromatic heterocycles. The Morgan fingerprint density at radius 3 is 2.53 bits per heavy atom. The van der Waals surface area contributed by atoms with Gasteiger partial charge in [0.15, 0.2) is 11.6 Å². The van der Waals surface area contributed by atoms with Gasteiger partial charge in [0.2, 0.25) is 0 Å². The summed E-state index contributed by atoms with van der Waals surface area (Å²) in [5.74, 6) is -1.41. The number of hydrogen-bond donors (Lipinski definition) is 2. The summed E-state index contributed by atoms with van der Waals surface area (Å²) in [6.07, 6.45) is 2.24. The normalized spacial score (nSPS) is 21.8. The molecule has 2 saturated heterocycles. The van der Waals surface area contributed by atoms with E-state index in [9.17, 15) is 18.8 Å². The van der Waals surface area contributed by atoms with Gasteiger partial charge >= 0.3 is 6.09 Å². The maximum absolute atomic E-state index is 14.3. The Balaban J connectivity index is 1.50. The summed E-state index contributed by atoms with van der Waals surface area (Å²) < 4.78 is 19.0. The molecule has 0 bridgehead atoms. The molecular weight excluding hydrogens is 594 g/mol. The van der Waals surface area contributed by atoms with Crippen LogP contribution in [0, 0.1) is 11.7 Å². The number of pyridine rings is 1. The van der Waals surface area contributed by atoms with Crippen LogP contribution in [0.4, 0.5) is 9.18 Å². The van der Waals surface area contributed by atoms with Gasteiger partial charge < -0.3 is 20.3 Å². The first kappa shape index (κ1) is 31.1. The highest BCUT2D eigenvalue weighted by atomic mass is 35.5. The first-order valence-corrected chi connectivity index (χ1v) is 15.1. The van der Waals surface area contributed by atoms with Gasteiger partial charge in [-0.15, -0.1) is 0 Å². The minimum atomic E-state index is -0.607. The lowest BCUT2D eigenvalue weighted by Crippen LogP contribution is -2.45. The highest BCUT2D eigenvalue weighted by molar-refractivity contribution is 6.46. The Bertz CT molecular complexity index is 1510. The molecule has 4 atom stereocenters. The van der Waals surface area contributed by atoms with E-state index in [1.54, 1.807) is 17.2 Å². The van der Waals surface area contributed by atoms with Crippen LogP contribution in [0.3, 0.4) is 0 Å². The molecule has 43 heavy (non-hydrogen) atoms. The number of rotatable bonds is 8. The third-order valence-corrected chi connectivity index (χ3v) is 9.13. The Morgan fingerprint density at radius 2 is 1.86 bits per heavy atom. The van der Waals surface area contributed by atoms with Gasteiger partial charge in [-0.05, 0) is 81.3 Å². The van der Waals surface area contributed by atoms with Gasteiger partial charge in [0, 0.05) is 48.8 Å². The smallest absolute Gasteiger partial charge is 0.410 e. The average Bonchev–Trinajstić information content (AvgIpc) is 3.49. The molecule has 1 amide bonds. The first-order chi connectivity index (χ1) is 20.7. The zero-order chi connectivity index (χ0) is 30.7. The van der Waals surface area contributed by atoms with Crippen molar-refractivity contribution in [2.45, 2.75) is 44.7 Å². The minimum absolute atomic E-state index is 0.0436. The van der Waals surface area contributed by atoms with Gasteiger partial charge in [0.25, 0.3) is 0 Å². The fourth-order valence-electron chi connectivity index (χ4n) is 6.08. The molecule has 2 aliphatic rings. The van der Waals surface area contributed by atoms with E-state index in [2.05, 4.69) is 15.6 Å². The van der Waals surface area contributed by atoms with Crippen LogP contribution >= 0.6 is 23.2 Å². The minimum Gasteiger partial charge on any atom is -0.410 e. The number of likely N-dealkylation sites (N-methyl/N-ethyl adjacent to an activating group) is 1. The zero-order valence-corrected chi connectivity index (χ0v) is 25.4. The summed E-state index contributed by atoms with van der Waals surface area (Å²) in [5.41, 5.74) is 1.93. The number of Topliss-reactive ketones (excluding diaryl/α,β-unsaturated/α-hetero) is 2. The second kappa shape index (κ2) is 13.5. The second-order valence-electron chi connectivity index (χ2n) is 10.9. The van der Waals surface area contributed by atoms with Crippen molar-refractivity contribution < 1.29 is 23.5 Å². The lowest BCUT2D eigenvalue weighted by molar-refractivity contribution is 0.0875. The van der Waals surface area contributed by atoms with Crippen LogP contribution in [0.15, 0.2) is 54.7 Å². The van der Waals surface area contributed by atoms with Crippen LogP contribution < -0.4 is 15.4 Å². The lowest BCUT2D eigenvalue weighted by Gasteiger charge is -2.33. The molecule has 0 saturated carbocycles. The monoisotopic (exact) mass is 626 g/mol. The van der Waals surface area contributed by atoms with Crippen LogP contribution in [-0.2, 0) is 0 Å². The largest absolute Gasteiger partial charge is 0.415 e. The van der Waals surface area contributed by atoms with E-state index < -0.39 is 18.0 Å². The number of carbonyl (C=O) groups excluding carboxylic acids is 3. The molecule has 2 unspecified atom stereocenters. The third kappa shape index (κ3) is 6.60. The molecule has 2 aromatic carbocycles. The van der Waals surface area contributed by atoms with E-state index in [4.69, 9.17) is 27.9 Å². The summed E-state index contributed by atoms with van der Waals surface area (Å²) in [6, 6.07) is 12.0. The van der Waals surface area contributed by atoms with Crippen molar-refractivity contribution >= 4 is 40.9 Å².